The molecule has 1 atom stereocenters. The van der Waals surface area contributed by atoms with E-state index in [9.17, 15) is 4.39 Å². The average Bonchev–Trinajstić information content (AvgIpc) is 2.85. The summed E-state index contributed by atoms with van der Waals surface area (Å²) >= 11 is 0. The molecule has 2 rings (SSSR count). The first-order valence-corrected chi connectivity index (χ1v) is 5.14. The van der Waals surface area contributed by atoms with Crippen LogP contribution in [0, 0.1) is 0 Å². The van der Waals surface area contributed by atoms with Crippen LogP contribution in [0.15, 0.2) is 24.3 Å². The molecule has 0 spiro atoms. The van der Waals surface area contributed by atoms with Crippen molar-refractivity contribution in [3.63, 3.8) is 0 Å². The van der Waals surface area contributed by atoms with Crippen LogP contribution in [0.25, 0.3) is 0 Å². The van der Waals surface area contributed by atoms with Gasteiger partial charge in [-0.2, -0.15) is 0 Å². The summed E-state index contributed by atoms with van der Waals surface area (Å²) in [6.45, 7) is 1.98. The molecule has 2 N–H and O–H groups in total. The Morgan fingerprint density at radius 1 is 1.36 bits per heavy atom. The summed E-state index contributed by atoms with van der Waals surface area (Å²) in [5.41, 5.74) is 6.69. The molecule has 1 aromatic rings. The Bertz CT molecular complexity index is 312. The Labute approximate surface area is 84.1 Å². The average molecular weight is 193 g/mol. The second-order valence-corrected chi connectivity index (χ2v) is 4.34. The van der Waals surface area contributed by atoms with Crippen molar-refractivity contribution in [2.24, 2.45) is 5.73 Å². The minimum absolute atomic E-state index is 0.168. The fourth-order valence-electron chi connectivity index (χ4n) is 1.71. The van der Waals surface area contributed by atoms with Crippen LogP contribution in [0.3, 0.4) is 0 Å². The maximum atomic E-state index is 13.6. The number of hydrogen-bond acceptors (Lipinski definition) is 1. The van der Waals surface area contributed by atoms with Crippen molar-refractivity contribution in [2.45, 2.75) is 37.9 Å². The first-order valence-electron chi connectivity index (χ1n) is 5.14. The van der Waals surface area contributed by atoms with Crippen LogP contribution < -0.4 is 5.73 Å². The monoisotopic (exact) mass is 193 g/mol. The number of benzene rings is 1. The lowest BCUT2D eigenvalue weighted by Gasteiger charge is -2.08. The predicted molar refractivity (Wildman–Crippen MR) is 55.8 cm³/mol. The fourth-order valence-corrected chi connectivity index (χ4v) is 1.71. The molecule has 1 aliphatic rings. The molecule has 1 aliphatic carbocycles. The third-order valence-corrected chi connectivity index (χ3v) is 2.72. The maximum absolute atomic E-state index is 13.6. The van der Waals surface area contributed by atoms with Gasteiger partial charge in [0, 0.05) is 6.04 Å². The topological polar surface area (TPSA) is 26.0 Å². The molecular weight excluding hydrogens is 177 g/mol. The molecule has 0 heterocycles. The predicted octanol–water partition coefficient (Wildman–Crippen LogP) is 2.53. The number of rotatable bonds is 3. The van der Waals surface area contributed by atoms with Crippen LogP contribution in [0.1, 0.15) is 30.9 Å². The van der Waals surface area contributed by atoms with Crippen molar-refractivity contribution >= 4 is 0 Å². The van der Waals surface area contributed by atoms with Crippen LogP contribution in [0.2, 0.25) is 0 Å². The highest BCUT2D eigenvalue weighted by Crippen LogP contribution is 2.49. The van der Waals surface area contributed by atoms with Crippen molar-refractivity contribution < 1.29 is 4.39 Å². The first kappa shape index (κ1) is 9.66. The standard InChI is InChI=1S/C12H16FN/c1-9(14)8-10-2-4-11(5-3-10)12(13)6-7-12/h2-5,9H,6-8,14H2,1H3. The highest BCUT2D eigenvalue weighted by atomic mass is 19.1. The molecule has 1 nitrogen and oxygen atoms in total. The first-order chi connectivity index (χ1) is 6.60. The summed E-state index contributed by atoms with van der Waals surface area (Å²) in [6, 6.07) is 7.92. The third kappa shape index (κ3) is 1.95. The molecule has 1 saturated carbocycles. The molecule has 1 aromatic carbocycles. The van der Waals surface area contributed by atoms with Crippen molar-refractivity contribution in [2.75, 3.05) is 0 Å². The fraction of sp³-hybridized carbons (Fsp3) is 0.500. The highest BCUT2D eigenvalue weighted by molar-refractivity contribution is 5.31. The van der Waals surface area contributed by atoms with Crippen LogP contribution in [0.5, 0.6) is 0 Å². The minimum atomic E-state index is -1.01. The van der Waals surface area contributed by atoms with E-state index < -0.39 is 5.67 Å². The van der Waals surface area contributed by atoms with E-state index in [1.165, 1.54) is 5.56 Å². The second kappa shape index (κ2) is 3.35. The van der Waals surface area contributed by atoms with E-state index in [0.29, 0.717) is 12.8 Å². The van der Waals surface area contributed by atoms with E-state index in [-0.39, 0.29) is 6.04 Å². The second-order valence-electron chi connectivity index (χ2n) is 4.34. The lowest BCUT2D eigenvalue weighted by Crippen LogP contribution is -2.17. The van der Waals surface area contributed by atoms with Gasteiger partial charge in [0.05, 0.1) is 0 Å². The maximum Gasteiger partial charge on any atom is 0.136 e. The molecule has 0 saturated heterocycles. The smallest absolute Gasteiger partial charge is 0.136 e. The van der Waals surface area contributed by atoms with E-state index in [0.717, 1.165) is 12.0 Å². The molecule has 1 unspecified atom stereocenters. The lowest BCUT2D eigenvalue weighted by atomic mass is 10.0. The molecule has 0 amide bonds. The zero-order chi connectivity index (χ0) is 10.2. The van der Waals surface area contributed by atoms with Gasteiger partial charge in [0.1, 0.15) is 5.67 Å². The minimum Gasteiger partial charge on any atom is -0.328 e. The zero-order valence-corrected chi connectivity index (χ0v) is 8.46. The summed E-state index contributed by atoms with van der Waals surface area (Å²) < 4.78 is 13.6. The molecular formula is C12H16FN. The highest BCUT2D eigenvalue weighted by Gasteiger charge is 2.44. The number of alkyl halides is 1. The Morgan fingerprint density at radius 3 is 2.36 bits per heavy atom. The van der Waals surface area contributed by atoms with Crippen molar-refractivity contribution in [1.29, 1.82) is 0 Å². The van der Waals surface area contributed by atoms with Crippen LogP contribution in [0.4, 0.5) is 4.39 Å². The van der Waals surface area contributed by atoms with Gasteiger partial charge in [-0.15, -0.1) is 0 Å². The Morgan fingerprint density at radius 2 is 1.93 bits per heavy atom. The lowest BCUT2D eigenvalue weighted by molar-refractivity contribution is 0.317. The van der Waals surface area contributed by atoms with Crippen molar-refractivity contribution in [1.82, 2.24) is 0 Å². The van der Waals surface area contributed by atoms with Gasteiger partial charge >= 0.3 is 0 Å². The molecule has 0 aromatic heterocycles. The van der Waals surface area contributed by atoms with Crippen molar-refractivity contribution in [3.05, 3.63) is 35.4 Å². The van der Waals surface area contributed by atoms with Gasteiger partial charge in [0.25, 0.3) is 0 Å². The quantitative estimate of drug-likeness (QED) is 0.784. The Hall–Kier alpha value is -0.890. The van der Waals surface area contributed by atoms with E-state index in [1.54, 1.807) is 0 Å². The summed E-state index contributed by atoms with van der Waals surface area (Å²) in [6.07, 6.45) is 2.22. The molecule has 14 heavy (non-hydrogen) atoms. The normalized spacial score (nSPS) is 20.5. The van der Waals surface area contributed by atoms with Gasteiger partial charge in [-0.3, -0.25) is 0 Å². The molecule has 0 radical (unpaired) electrons. The summed E-state index contributed by atoms with van der Waals surface area (Å²) in [7, 11) is 0. The van der Waals surface area contributed by atoms with Crippen LogP contribution >= 0.6 is 0 Å². The van der Waals surface area contributed by atoms with Gasteiger partial charge in [-0.05, 0) is 37.3 Å². The van der Waals surface area contributed by atoms with Crippen LogP contribution in [-0.2, 0) is 12.1 Å². The largest absolute Gasteiger partial charge is 0.328 e. The molecule has 0 bridgehead atoms. The van der Waals surface area contributed by atoms with E-state index >= 15 is 0 Å². The molecule has 2 heteroatoms. The van der Waals surface area contributed by atoms with Crippen molar-refractivity contribution in [3.8, 4) is 0 Å². The Kier molecular flexibility index (Phi) is 2.31. The van der Waals surface area contributed by atoms with Gasteiger partial charge in [-0.1, -0.05) is 24.3 Å². The summed E-state index contributed by atoms with van der Waals surface area (Å²) in [5.74, 6) is 0. The summed E-state index contributed by atoms with van der Waals surface area (Å²) in [4.78, 5) is 0. The molecule has 0 aliphatic heterocycles. The Balaban J connectivity index is 2.10. The number of hydrogen-bond donors (Lipinski definition) is 1. The third-order valence-electron chi connectivity index (χ3n) is 2.72. The van der Waals surface area contributed by atoms with Gasteiger partial charge in [0.15, 0.2) is 0 Å². The number of nitrogens with two attached hydrogens (primary N) is 1. The van der Waals surface area contributed by atoms with E-state index in [4.69, 9.17) is 5.73 Å². The zero-order valence-electron chi connectivity index (χ0n) is 8.46. The molecule has 1 fully saturated rings. The van der Waals surface area contributed by atoms with Gasteiger partial charge < -0.3 is 5.73 Å². The SMILES string of the molecule is CC(N)Cc1ccc(C2(F)CC2)cc1. The molecule has 76 valence electrons. The van der Waals surface area contributed by atoms with Gasteiger partial charge in [-0.25, -0.2) is 4.39 Å². The number of halogens is 1. The summed E-state index contributed by atoms with van der Waals surface area (Å²) in [5, 5.41) is 0. The van der Waals surface area contributed by atoms with Crippen LogP contribution in [-0.4, -0.2) is 6.04 Å². The van der Waals surface area contributed by atoms with Gasteiger partial charge in [0.2, 0.25) is 0 Å². The van der Waals surface area contributed by atoms with E-state index in [2.05, 4.69) is 0 Å². The van der Waals surface area contributed by atoms with E-state index in [1.807, 2.05) is 31.2 Å².